The molecule has 130 valence electrons. The summed E-state index contributed by atoms with van der Waals surface area (Å²) in [5, 5.41) is 0. The van der Waals surface area contributed by atoms with Crippen LogP contribution in [0, 0.1) is 6.07 Å². The predicted molar refractivity (Wildman–Crippen MR) is 86.5 cm³/mol. The molecule has 0 N–H and O–H groups in total. The second kappa shape index (κ2) is 6.10. The Morgan fingerprint density at radius 1 is 0.960 bits per heavy atom. The average molecular weight is 519 g/mol. The van der Waals surface area contributed by atoms with Crippen molar-refractivity contribution in [2.75, 3.05) is 0 Å². The van der Waals surface area contributed by atoms with E-state index in [2.05, 4.69) is 11.1 Å². The van der Waals surface area contributed by atoms with E-state index in [9.17, 15) is 13.2 Å². The summed E-state index contributed by atoms with van der Waals surface area (Å²) >= 11 is 0. The van der Waals surface area contributed by atoms with E-state index in [-0.39, 0.29) is 26.6 Å². The normalized spacial score (nSPS) is 18.2. The van der Waals surface area contributed by atoms with Crippen molar-refractivity contribution in [3.8, 4) is 22.4 Å². The Kier molecular flexibility index (Phi) is 4.36. The molecule has 1 heterocycles. The molecule has 25 heavy (non-hydrogen) atoms. The summed E-state index contributed by atoms with van der Waals surface area (Å²) in [6.07, 6.45) is -2.77. The van der Waals surface area contributed by atoms with Crippen LogP contribution in [0.3, 0.4) is 0 Å². The van der Waals surface area contributed by atoms with Gasteiger partial charge in [-0.1, -0.05) is 47.5 Å². The zero-order chi connectivity index (χ0) is 16.9. The summed E-state index contributed by atoms with van der Waals surface area (Å²) in [7, 11) is 0. The fraction of sp³-hybridized carbons (Fsp3) is 0.150. The molecule has 0 radical (unpaired) electrons. The monoisotopic (exact) mass is 519 g/mol. The first kappa shape index (κ1) is 17.9. The summed E-state index contributed by atoms with van der Waals surface area (Å²) in [6.45, 7) is 1.25. The molecule has 1 aromatic heterocycles. The van der Waals surface area contributed by atoms with Crippen LogP contribution in [0.2, 0.25) is 0 Å². The third-order valence-corrected chi connectivity index (χ3v) is 4.75. The number of alkyl halides is 3. The van der Waals surface area contributed by atoms with Gasteiger partial charge in [0, 0.05) is 27.3 Å². The van der Waals surface area contributed by atoms with Gasteiger partial charge in [0.05, 0.1) is 5.41 Å². The second-order valence-corrected chi connectivity index (χ2v) is 6.06. The van der Waals surface area contributed by atoms with Crippen molar-refractivity contribution in [3.05, 3.63) is 78.0 Å². The van der Waals surface area contributed by atoms with E-state index in [0.29, 0.717) is 27.9 Å². The minimum atomic E-state index is -4.39. The quantitative estimate of drug-likeness (QED) is 0.393. The molecule has 0 saturated carbocycles. The van der Waals surface area contributed by atoms with Gasteiger partial charge in [0.25, 0.3) is 0 Å². The van der Waals surface area contributed by atoms with E-state index >= 15 is 0 Å². The molecule has 0 amide bonds. The topological polar surface area (TPSA) is 12.9 Å². The molecule has 1 unspecified atom stereocenters. The second-order valence-electron chi connectivity index (χ2n) is 6.06. The van der Waals surface area contributed by atoms with Gasteiger partial charge in [-0.3, -0.25) is 0 Å². The Morgan fingerprint density at radius 3 is 2.36 bits per heavy atom. The maximum absolute atomic E-state index is 14.0. The van der Waals surface area contributed by atoms with Gasteiger partial charge in [-0.2, -0.15) is 13.2 Å². The summed E-state index contributed by atoms with van der Waals surface area (Å²) < 4.78 is 42.0. The molecule has 0 saturated heterocycles. The standard InChI is InChI=1S/C20H13F3N.Pt/c1-19(20(21,22)23)16-7-3-2-6-14(16)15-10-9-13(12-17(15)19)18-8-4-5-11-24-18;/h2-8,10-12H,1H3;/q-1;. The first-order valence-corrected chi connectivity index (χ1v) is 7.57. The SMILES string of the molecule is CC1(C(F)(F)F)c2ccccc2-c2c[c-]c(-c3ccccn3)cc21.[Pt]. The molecule has 0 bridgehead atoms. The zero-order valence-electron chi connectivity index (χ0n) is 13.2. The Hall–Kier alpha value is -1.93. The molecule has 0 spiro atoms. The molecule has 4 rings (SSSR count). The van der Waals surface area contributed by atoms with Crippen LogP contribution in [0.15, 0.2) is 60.8 Å². The third-order valence-electron chi connectivity index (χ3n) is 4.75. The van der Waals surface area contributed by atoms with Crippen molar-refractivity contribution in [1.82, 2.24) is 4.98 Å². The van der Waals surface area contributed by atoms with Crippen molar-refractivity contribution in [2.45, 2.75) is 18.5 Å². The van der Waals surface area contributed by atoms with Crippen LogP contribution in [0.4, 0.5) is 13.2 Å². The largest absolute Gasteiger partial charge is 0.400 e. The van der Waals surface area contributed by atoms with Crippen molar-refractivity contribution in [1.29, 1.82) is 0 Å². The molecular formula is C20H13F3NPt-. The first-order valence-electron chi connectivity index (χ1n) is 7.57. The van der Waals surface area contributed by atoms with Crippen LogP contribution in [0.1, 0.15) is 18.1 Å². The molecule has 1 aliphatic rings. The van der Waals surface area contributed by atoms with E-state index in [1.54, 1.807) is 60.8 Å². The number of aromatic nitrogens is 1. The third kappa shape index (κ3) is 2.55. The van der Waals surface area contributed by atoms with E-state index in [0.717, 1.165) is 0 Å². The number of halogens is 3. The minimum Gasteiger partial charge on any atom is -0.305 e. The van der Waals surface area contributed by atoms with Crippen LogP contribution >= 0.6 is 0 Å². The Morgan fingerprint density at radius 2 is 1.68 bits per heavy atom. The Bertz CT molecular complexity index is 922. The van der Waals surface area contributed by atoms with Gasteiger partial charge in [0.15, 0.2) is 0 Å². The molecule has 0 aliphatic heterocycles. The van der Waals surface area contributed by atoms with Crippen molar-refractivity contribution in [3.63, 3.8) is 0 Å². The van der Waals surface area contributed by atoms with E-state index in [4.69, 9.17) is 0 Å². The number of nitrogens with zero attached hydrogens (tertiary/aromatic N) is 1. The number of fused-ring (bicyclic) bond motifs is 3. The number of rotatable bonds is 1. The first-order chi connectivity index (χ1) is 11.4. The maximum atomic E-state index is 14.0. The van der Waals surface area contributed by atoms with Gasteiger partial charge in [0.2, 0.25) is 0 Å². The van der Waals surface area contributed by atoms with Gasteiger partial charge in [0.1, 0.15) is 0 Å². The summed E-state index contributed by atoms with van der Waals surface area (Å²) in [5.41, 5.74) is 0.909. The summed E-state index contributed by atoms with van der Waals surface area (Å²) in [5.74, 6) is 0. The van der Waals surface area contributed by atoms with Gasteiger partial charge in [-0.25, -0.2) is 0 Å². The van der Waals surface area contributed by atoms with Crippen LogP contribution in [-0.4, -0.2) is 11.2 Å². The number of hydrogen-bond donors (Lipinski definition) is 0. The minimum absolute atomic E-state index is 0. The van der Waals surface area contributed by atoms with Crippen LogP contribution in [0.5, 0.6) is 0 Å². The van der Waals surface area contributed by atoms with Crippen LogP contribution in [0.25, 0.3) is 22.4 Å². The molecule has 2 aromatic carbocycles. The Labute approximate surface area is 158 Å². The fourth-order valence-electron chi connectivity index (χ4n) is 3.40. The predicted octanol–water partition coefficient (Wildman–Crippen LogP) is 5.39. The summed E-state index contributed by atoms with van der Waals surface area (Å²) in [6, 6.07) is 18.4. The molecule has 0 fully saturated rings. The van der Waals surface area contributed by atoms with Gasteiger partial charge >= 0.3 is 6.18 Å². The van der Waals surface area contributed by atoms with E-state index in [1.165, 1.54) is 6.92 Å². The number of hydrogen-bond acceptors (Lipinski definition) is 1. The van der Waals surface area contributed by atoms with Crippen molar-refractivity contribution < 1.29 is 34.2 Å². The fourth-order valence-corrected chi connectivity index (χ4v) is 3.40. The number of pyridine rings is 1. The number of benzene rings is 2. The zero-order valence-corrected chi connectivity index (χ0v) is 15.4. The van der Waals surface area contributed by atoms with Crippen molar-refractivity contribution in [2.24, 2.45) is 0 Å². The average Bonchev–Trinajstić information content (AvgIpc) is 2.86. The molecule has 1 aliphatic carbocycles. The van der Waals surface area contributed by atoms with Gasteiger partial charge in [-0.15, -0.1) is 29.3 Å². The van der Waals surface area contributed by atoms with Crippen LogP contribution in [-0.2, 0) is 26.5 Å². The van der Waals surface area contributed by atoms with E-state index < -0.39 is 11.6 Å². The van der Waals surface area contributed by atoms with E-state index in [1.807, 2.05) is 0 Å². The van der Waals surface area contributed by atoms with Gasteiger partial charge in [-0.05, 0) is 24.2 Å². The molecular weight excluding hydrogens is 506 g/mol. The smallest absolute Gasteiger partial charge is 0.305 e. The molecule has 3 aromatic rings. The molecule has 1 nitrogen and oxygen atoms in total. The maximum Gasteiger partial charge on any atom is 0.400 e. The van der Waals surface area contributed by atoms with Crippen molar-refractivity contribution >= 4 is 0 Å². The Balaban J connectivity index is 0.00000182. The van der Waals surface area contributed by atoms with Gasteiger partial charge < -0.3 is 4.98 Å². The molecule has 1 atom stereocenters. The summed E-state index contributed by atoms with van der Waals surface area (Å²) in [4.78, 5) is 4.22. The van der Waals surface area contributed by atoms with Crippen LogP contribution < -0.4 is 0 Å². The molecule has 5 heteroatoms.